The predicted octanol–water partition coefficient (Wildman–Crippen LogP) is 1.69. The molecular formula is C15H23N3O. The van der Waals surface area contributed by atoms with Gasteiger partial charge in [-0.05, 0) is 31.4 Å². The summed E-state index contributed by atoms with van der Waals surface area (Å²) in [6, 6.07) is 6.65. The molecule has 1 amide bonds. The van der Waals surface area contributed by atoms with Crippen LogP contribution >= 0.6 is 0 Å². The Kier molecular flexibility index (Phi) is 4.43. The largest absolute Gasteiger partial charge is 0.368 e. The number of hydrogen-bond acceptors (Lipinski definition) is 3. The summed E-state index contributed by atoms with van der Waals surface area (Å²) in [5.74, 6) is -0.282. The van der Waals surface area contributed by atoms with Crippen molar-refractivity contribution in [3.8, 4) is 0 Å². The van der Waals surface area contributed by atoms with E-state index in [2.05, 4.69) is 30.0 Å². The molecule has 0 heterocycles. The second-order valence-corrected chi connectivity index (χ2v) is 5.37. The molecule has 1 fully saturated rings. The Balaban J connectivity index is 2.33. The lowest BCUT2D eigenvalue weighted by molar-refractivity contribution is -0.116. The van der Waals surface area contributed by atoms with Crippen molar-refractivity contribution in [2.75, 3.05) is 11.4 Å². The summed E-state index contributed by atoms with van der Waals surface area (Å²) in [4.78, 5) is 13.5. The summed E-state index contributed by atoms with van der Waals surface area (Å²) in [5, 5.41) is 0. The van der Waals surface area contributed by atoms with Crippen molar-refractivity contribution in [1.82, 2.24) is 0 Å². The fraction of sp³-hybridized carbons (Fsp3) is 0.533. The third-order valence-electron chi connectivity index (χ3n) is 3.86. The second-order valence-electron chi connectivity index (χ2n) is 5.37. The van der Waals surface area contributed by atoms with Gasteiger partial charge in [-0.1, -0.05) is 30.5 Å². The van der Waals surface area contributed by atoms with Gasteiger partial charge in [-0.25, -0.2) is 0 Å². The summed E-state index contributed by atoms with van der Waals surface area (Å²) >= 11 is 0. The Bertz CT molecular complexity index is 453. The Labute approximate surface area is 114 Å². The lowest BCUT2D eigenvalue weighted by atomic mass is 10.1. The van der Waals surface area contributed by atoms with Crippen molar-refractivity contribution in [2.45, 2.75) is 45.2 Å². The number of hydrogen-bond donors (Lipinski definition) is 2. The van der Waals surface area contributed by atoms with Crippen LogP contribution in [0.25, 0.3) is 0 Å². The van der Waals surface area contributed by atoms with Crippen LogP contribution in [-0.2, 0) is 11.3 Å². The monoisotopic (exact) mass is 261 g/mol. The van der Waals surface area contributed by atoms with E-state index < -0.39 is 0 Å². The minimum atomic E-state index is -0.282. The molecule has 104 valence electrons. The molecule has 0 aliphatic heterocycles. The minimum absolute atomic E-state index is 0.278. The number of carbonyl (C=O) groups is 1. The number of nitrogens with two attached hydrogens (primary N) is 2. The molecular weight excluding hydrogens is 238 g/mol. The highest BCUT2D eigenvalue weighted by molar-refractivity contribution is 5.80. The Morgan fingerprint density at radius 1 is 1.37 bits per heavy atom. The molecule has 4 N–H and O–H groups in total. The molecule has 0 atom stereocenters. The molecule has 1 saturated carbocycles. The van der Waals surface area contributed by atoms with Crippen LogP contribution in [0.15, 0.2) is 18.2 Å². The maximum Gasteiger partial charge on any atom is 0.236 e. The molecule has 0 bridgehead atoms. The van der Waals surface area contributed by atoms with E-state index in [0.29, 0.717) is 12.6 Å². The van der Waals surface area contributed by atoms with Gasteiger partial charge in [0.15, 0.2) is 0 Å². The standard InChI is InChI=1S/C15H23N3O/c1-11-6-7-14(12(8-11)9-16)18(10-15(17)19)13-4-2-3-5-13/h6-8,13H,2-5,9-10,16H2,1H3,(H2,17,19). The fourth-order valence-corrected chi connectivity index (χ4v) is 2.95. The van der Waals surface area contributed by atoms with Crippen LogP contribution in [0.3, 0.4) is 0 Å². The van der Waals surface area contributed by atoms with Crippen molar-refractivity contribution in [1.29, 1.82) is 0 Å². The predicted molar refractivity (Wildman–Crippen MR) is 77.9 cm³/mol. The highest BCUT2D eigenvalue weighted by atomic mass is 16.1. The van der Waals surface area contributed by atoms with Crippen molar-refractivity contribution < 1.29 is 4.79 Å². The van der Waals surface area contributed by atoms with Gasteiger partial charge in [-0.3, -0.25) is 4.79 Å². The van der Waals surface area contributed by atoms with Crippen LogP contribution in [0, 0.1) is 6.92 Å². The maximum absolute atomic E-state index is 11.4. The van der Waals surface area contributed by atoms with Gasteiger partial charge in [0.05, 0.1) is 6.54 Å². The van der Waals surface area contributed by atoms with Gasteiger partial charge >= 0.3 is 0 Å². The molecule has 0 unspecified atom stereocenters. The third-order valence-corrected chi connectivity index (χ3v) is 3.86. The van der Waals surface area contributed by atoms with Crippen LogP contribution in [0.5, 0.6) is 0 Å². The fourth-order valence-electron chi connectivity index (χ4n) is 2.95. The number of nitrogens with zero attached hydrogens (tertiary/aromatic N) is 1. The second kappa shape index (κ2) is 6.06. The van der Waals surface area contributed by atoms with Gasteiger partial charge in [-0.15, -0.1) is 0 Å². The number of anilines is 1. The molecule has 2 rings (SSSR count). The zero-order valence-corrected chi connectivity index (χ0v) is 11.6. The number of rotatable bonds is 5. The molecule has 0 spiro atoms. The zero-order valence-electron chi connectivity index (χ0n) is 11.6. The smallest absolute Gasteiger partial charge is 0.236 e. The van der Waals surface area contributed by atoms with Gasteiger partial charge < -0.3 is 16.4 Å². The first-order chi connectivity index (χ1) is 9.11. The normalized spacial score (nSPS) is 15.7. The van der Waals surface area contributed by atoms with E-state index in [4.69, 9.17) is 11.5 Å². The number of aryl methyl sites for hydroxylation is 1. The zero-order chi connectivity index (χ0) is 13.8. The van der Waals surface area contributed by atoms with E-state index in [1.165, 1.54) is 18.4 Å². The summed E-state index contributed by atoms with van der Waals surface area (Å²) in [6.45, 7) is 2.82. The van der Waals surface area contributed by atoms with Crippen LogP contribution < -0.4 is 16.4 Å². The maximum atomic E-state index is 11.4. The molecule has 1 aromatic carbocycles. The van der Waals surface area contributed by atoms with Crippen LogP contribution in [0.4, 0.5) is 5.69 Å². The molecule has 1 aromatic rings. The van der Waals surface area contributed by atoms with E-state index in [1.54, 1.807) is 0 Å². The quantitative estimate of drug-likeness (QED) is 0.847. The Morgan fingerprint density at radius 2 is 2.05 bits per heavy atom. The van der Waals surface area contributed by atoms with Crippen molar-refractivity contribution in [3.63, 3.8) is 0 Å². The van der Waals surface area contributed by atoms with Crippen LogP contribution in [-0.4, -0.2) is 18.5 Å². The molecule has 4 nitrogen and oxygen atoms in total. The van der Waals surface area contributed by atoms with Crippen molar-refractivity contribution in [2.24, 2.45) is 11.5 Å². The number of primary amides is 1. The summed E-state index contributed by atoms with van der Waals surface area (Å²) in [6.07, 6.45) is 4.71. The number of amides is 1. The molecule has 4 heteroatoms. The van der Waals surface area contributed by atoms with Gasteiger partial charge in [-0.2, -0.15) is 0 Å². The molecule has 1 aliphatic rings. The first-order valence-corrected chi connectivity index (χ1v) is 6.96. The summed E-state index contributed by atoms with van der Waals surface area (Å²) in [5.41, 5.74) is 14.6. The van der Waals surface area contributed by atoms with Crippen molar-refractivity contribution in [3.05, 3.63) is 29.3 Å². The number of benzene rings is 1. The molecule has 0 aromatic heterocycles. The third kappa shape index (κ3) is 3.26. The van der Waals surface area contributed by atoms with E-state index >= 15 is 0 Å². The minimum Gasteiger partial charge on any atom is -0.368 e. The summed E-state index contributed by atoms with van der Waals surface area (Å²) in [7, 11) is 0. The van der Waals surface area contributed by atoms with Gasteiger partial charge in [0.25, 0.3) is 0 Å². The van der Waals surface area contributed by atoms with E-state index in [1.807, 2.05) is 0 Å². The first kappa shape index (κ1) is 13.9. The van der Waals surface area contributed by atoms with Gasteiger partial charge in [0, 0.05) is 18.3 Å². The Morgan fingerprint density at radius 3 is 2.63 bits per heavy atom. The van der Waals surface area contributed by atoms with E-state index in [9.17, 15) is 4.79 Å². The first-order valence-electron chi connectivity index (χ1n) is 6.96. The summed E-state index contributed by atoms with van der Waals surface area (Å²) < 4.78 is 0. The SMILES string of the molecule is Cc1ccc(N(CC(N)=O)C2CCCC2)c(CN)c1. The molecule has 1 aliphatic carbocycles. The average Bonchev–Trinajstić information content (AvgIpc) is 2.89. The highest BCUT2D eigenvalue weighted by Gasteiger charge is 2.25. The molecule has 19 heavy (non-hydrogen) atoms. The lowest BCUT2D eigenvalue weighted by Crippen LogP contribution is -2.40. The number of carbonyl (C=O) groups excluding carboxylic acids is 1. The van der Waals surface area contributed by atoms with Crippen LogP contribution in [0.1, 0.15) is 36.8 Å². The van der Waals surface area contributed by atoms with Gasteiger partial charge in [0.1, 0.15) is 0 Å². The highest BCUT2D eigenvalue weighted by Crippen LogP contribution is 2.30. The van der Waals surface area contributed by atoms with E-state index in [0.717, 1.165) is 24.1 Å². The van der Waals surface area contributed by atoms with E-state index in [-0.39, 0.29) is 12.5 Å². The molecule has 0 saturated heterocycles. The Hall–Kier alpha value is -1.55. The molecule has 0 radical (unpaired) electrons. The lowest BCUT2D eigenvalue weighted by Gasteiger charge is -2.31. The van der Waals surface area contributed by atoms with Gasteiger partial charge in [0.2, 0.25) is 5.91 Å². The van der Waals surface area contributed by atoms with Crippen LogP contribution in [0.2, 0.25) is 0 Å². The topological polar surface area (TPSA) is 72.3 Å². The van der Waals surface area contributed by atoms with Crippen molar-refractivity contribution >= 4 is 11.6 Å². The average molecular weight is 261 g/mol.